The van der Waals surface area contributed by atoms with Crippen LogP contribution in [0.25, 0.3) is 98.4 Å². The first-order chi connectivity index (χ1) is 39.7. The number of rotatable bonds is 10. The highest BCUT2D eigenvalue weighted by atomic mass is 16.3. The third kappa shape index (κ3) is 7.71. The van der Waals surface area contributed by atoms with Crippen LogP contribution in [0.2, 0.25) is 0 Å². The topological polar surface area (TPSA) is 32.8 Å². The van der Waals surface area contributed by atoms with Gasteiger partial charge in [-0.25, -0.2) is 0 Å². The summed E-state index contributed by atoms with van der Waals surface area (Å²) in [7, 11) is 0. The number of nitrogens with zero attached hydrogens (tertiary/aromatic N) is 2. The maximum absolute atomic E-state index is 7.33. The maximum atomic E-state index is 7.33. The van der Waals surface area contributed by atoms with Gasteiger partial charge < -0.3 is 18.6 Å². The molecule has 4 nitrogen and oxygen atoms in total. The second-order valence-corrected chi connectivity index (χ2v) is 22.7. The molecule has 2 fully saturated rings. The van der Waals surface area contributed by atoms with Crippen LogP contribution in [0, 0.1) is 0 Å². The maximum Gasteiger partial charge on any atom is 0.159 e. The molecule has 2 heterocycles. The molecule has 2 aromatic heterocycles. The zero-order valence-corrected chi connectivity index (χ0v) is 44.9. The molecular weight excluding hydrogens is 973 g/mol. The van der Waals surface area contributed by atoms with E-state index in [-0.39, 0.29) is 0 Å². The molecule has 0 atom stereocenters. The molecular formula is C76H60N2O2. The zero-order valence-electron chi connectivity index (χ0n) is 44.9. The van der Waals surface area contributed by atoms with E-state index in [0.717, 1.165) is 78.4 Å². The predicted octanol–water partition coefficient (Wildman–Crippen LogP) is 22.8. The summed E-state index contributed by atoms with van der Waals surface area (Å²) >= 11 is 0. The quantitative estimate of drug-likeness (QED) is 0.128. The molecule has 2 aliphatic carbocycles. The van der Waals surface area contributed by atoms with Crippen molar-refractivity contribution in [1.82, 2.24) is 0 Å². The fourth-order valence-corrected chi connectivity index (χ4v) is 14.4. The normalized spacial score (nSPS) is 14.7. The van der Waals surface area contributed by atoms with Gasteiger partial charge >= 0.3 is 0 Å². The van der Waals surface area contributed by atoms with Gasteiger partial charge in [0, 0.05) is 43.7 Å². The molecule has 4 heteroatoms. The molecule has 2 aliphatic rings. The minimum atomic E-state index is 0.507. The Kier molecular flexibility index (Phi) is 11.4. The van der Waals surface area contributed by atoms with E-state index in [0.29, 0.717) is 11.8 Å². The van der Waals surface area contributed by atoms with Gasteiger partial charge in [0.05, 0.1) is 22.7 Å². The summed E-state index contributed by atoms with van der Waals surface area (Å²) in [6.07, 6.45) is 12.5. The molecule has 0 unspecified atom stereocenters. The van der Waals surface area contributed by atoms with E-state index >= 15 is 0 Å². The number of fused-ring (bicyclic) bond motifs is 6. The highest BCUT2D eigenvalue weighted by molar-refractivity contribution is 6.29. The van der Waals surface area contributed by atoms with E-state index < -0.39 is 0 Å². The van der Waals surface area contributed by atoms with Crippen LogP contribution in [0.3, 0.4) is 0 Å². The second-order valence-electron chi connectivity index (χ2n) is 22.7. The molecule has 0 aliphatic heterocycles. The lowest BCUT2D eigenvalue weighted by Gasteiger charge is -2.29. The van der Waals surface area contributed by atoms with Gasteiger partial charge in [-0.05, 0) is 141 Å². The van der Waals surface area contributed by atoms with Crippen molar-refractivity contribution >= 4 is 110 Å². The van der Waals surface area contributed by atoms with Crippen molar-refractivity contribution < 1.29 is 8.83 Å². The van der Waals surface area contributed by atoms with E-state index in [4.69, 9.17) is 8.83 Å². The van der Waals surface area contributed by atoms with Crippen LogP contribution < -0.4 is 9.80 Å². The lowest BCUT2D eigenvalue weighted by atomic mass is 9.83. The van der Waals surface area contributed by atoms with Crippen molar-refractivity contribution in [3.63, 3.8) is 0 Å². The van der Waals surface area contributed by atoms with Crippen molar-refractivity contribution in [2.24, 2.45) is 0 Å². The summed E-state index contributed by atoms with van der Waals surface area (Å²) in [6, 6.07) is 85.4. The van der Waals surface area contributed by atoms with Gasteiger partial charge in [0.2, 0.25) is 0 Å². The summed E-state index contributed by atoms with van der Waals surface area (Å²) in [5.41, 5.74) is 17.6. The Labute approximate surface area is 466 Å². The van der Waals surface area contributed by atoms with Gasteiger partial charge in [-0.1, -0.05) is 221 Å². The van der Waals surface area contributed by atoms with E-state index in [1.54, 1.807) is 0 Å². The standard InChI is InChI=1S/C76H60N2O2/c1-5-19-49(20-6-1)55-27-13-29-57(47-55)77(69-37-17-35-63-61-33-15-31-59(73(61)79-75(63)69)51-23-9-3-10-24-51)67-45-41-53-40-44-66-68(46-42-54-39-43-65(67)71(53)72(54)66)78(58-30-14-28-56(48-58)50-21-7-2-8-22-50)70-38-18-36-64-62-34-16-32-60(74(62)80-76(64)70)52-25-11-4-12-26-52/h1-2,5-8,13-22,27-48,51-52H,3-4,9-12,23-26H2. The van der Waals surface area contributed by atoms with Gasteiger partial charge in [-0.15, -0.1) is 0 Å². The van der Waals surface area contributed by atoms with E-state index in [1.165, 1.54) is 130 Å². The summed E-state index contributed by atoms with van der Waals surface area (Å²) in [5.74, 6) is 1.01. The van der Waals surface area contributed by atoms with E-state index in [9.17, 15) is 0 Å². The first-order valence-corrected chi connectivity index (χ1v) is 29.2. The number of hydrogen-bond donors (Lipinski definition) is 0. The number of furan rings is 2. The van der Waals surface area contributed by atoms with Crippen LogP contribution in [0.5, 0.6) is 0 Å². The Bertz CT molecular complexity index is 4340. The molecule has 0 saturated heterocycles. The van der Waals surface area contributed by atoms with E-state index in [2.05, 4.69) is 240 Å². The van der Waals surface area contributed by atoms with Crippen LogP contribution in [-0.4, -0.2) is 0 Å². The SMILES string of the molecule is c1ccc(-c2cccc(N(c3ccc4ccc5c(N(c6cccc(-c7ccccc7)c6)c6cccc7c6oc6c(C8CCCCC8)cccc67)ccc6ccc3c4c65)c3cccc4c3oc3c(C5CCCCC5)cccc34)c2)cc1. The first kappa shape index (κ1) is 46.9. The molecule has 386 valence electrons. The van der Waals surface area contributed by atoms with Gasteiger partial charge in [-0.3, -0.25) is 0 Å². The van der Waals surface area contributed by atoms with Crippen molar-refractivity contribution in [3.05, 3.63) is 242 Å². The fourth-order valence-electron chi connectivity index (χ4n) is 14.4. The molecule has 16 rings (SSSR count). The summed E-state index contributed by atoms with van der Waals surface area (Å²) in [5, 5.41) is 11.9. The molecule has 2 saturated carbocycles. The third-order valence-electron chi connectivity index (χ3n) is 18.2. The van der Waals surface area contributed by atoms with Gasteiger partial charge in [0.15, 0.2) is 11.2 Å². The van der Waals surface area contributed by atoms with Crippen LogP contribution in [0.15, 0.2) is 239 Å². The third-order valence-corrected chi connectivity index (χ3v) is 18.2. The monoisotopic (exact) mass is 1030 g/mol. The Hall–Kier alpha value is -9.12. The summed E-state index contributed by atoms with van der Waals surface area (Å²) in [4.78, 5) is 4.94. The lowest BCUT2D eigenvalue weighted by Crippen LogP contribution is -2.12. The molecule has 0 radical (unpaired) electrons. The van der Waals surface area contributed by atoms with Crippen LogP contribution >= 0.6 is 0 Å². The van der Waals surface area contributed by atoms with Crippen LogP contribution in [0.1, 0.15) is 87.2 Å². The average Bonchev–Trinajstić information content (AvgIpc) is 4.19. The smallest absolute Gasteiger partial charge is 0.159 e. The molecule has 0 spiro atoms. The fraction of sp³-hybridized carbons (Fsp3) is 0.158. The molecule has 14 aromatic rings. The van der Waals surface area contributed by atoms with E-state index in [1.807, 2.05) is 0 Å². The van der Waals surface area contributed by atoms with Crippen molar-refractivity contribution in [1.29, 1.82) is 0 Å². The summed E-state index contributed by atoms with van der Waals surface area (Å²) < 4.78 is 14.7. The number of benzene rings is 12. The van der Waals surface area contributed by atoms with Gasteiger partial charge in [0.25, 0.3) is 0 Å². The summed E-state index contributed by atoms with van der Waals surface area (Å²) in [6.45, 7) is 0. The molecule has 0 N–H and O–H groups in total. The largest absolute Gasteiger partial charge is 0.454 e. The minimum absolute atomic E-state index is 0.507. The predicted molar refractivity (Wildman–Crippen MR) is 337 cm³/mol. The Balaban J connectivity index is 0.931. The Morgan fingerprint density at radius 3 is 1.09 bits per heavy atom. The number of hydrogen-bond acceptors (Lipinski definition) is 4. The highest BCUT2D eigenvalue weighted by Crippen LogP contribution is 2.52. The van der Waals surface area contributed by atoms with Crippen LogP contribution in [-0.2, 0) is 0 Å². The van der Waals surface area contributed by atoms with Crippen molar-refractivity contribution in [3.8, 4) is 22.3 Å². The average molecular weight is 1030 g/mol. The minimum Gasteiger partial charge on any atom is -0.454 e. The molecule has 80 heavy (non-hydrogen) atoms. The van der Waals surface area contributed by atoms with Crippen molar-refractivity contribution in [2.75, 3.05) is 9.80 Å². The van der Waals surface area contributed by atoms with Gasteiger partial charge in [0.1, 0.15) is 11.2 Å². The second kappa shape index (κ2) is 19.4. The lowest BCUT2D eigenvalue weighted by molar-refractivity contribution is 0.442. The number of para-hydroxylation sites is 4. The Morgan fingerprint density at radius 1 is 0.275 bits per heavy atom. The molecule has 0 bridgehead atoms. The van der Waals surface area contributed by atoms with Crippen molar-refractivity contribution in [2.45, 2.75) is 76.0 Å². The van der Waals surface area contributed by atoms with Crippen LogP contribution in [0.4, 0.5) is 34.1 Å². The zero-order chi connectivity index (χ0) is 52.7. The highest BCUT2D eigenvalue weighted by Gasteiger charge is 2.29. The Morgan fingerprint density at radius 2 is 0.650 bits per heavy atom. The molecule has 12 aromatic carbocycles. The molecule has 0 amide bonds. The van der Waals surface area contributed by atoms with Gasteiger partial charge in [-0.2, -0.15) is 0 Å². The number of anilines is 6. The first-order valence-electron chi connectivity index (χ1n) is 29.2.